The van der Waals surface area contributed by atoms with Crippen LogP contribution in [0.1, 0.15) is 5.76 Å². The van der Waals surface area contributed by atoms with Crippen LogP contribution >= 0.6 is 15.9 Å². The second kappa shape index (κ2) is 4.64. The highest BCUT2D eigenvalue weighted by Gasteiger charge is 1.92. The van der Waals surface area contributed by atoms with Crippen molar-refractivity contribution in [3.05, 3.63) is 39.1 Å². The Morgan fingerprint density at radius 3 is 3.08 bits per heavy atom. The van der Waals surface area contributed by atoms with Gasteiger partial charge < -0.3 is 4.42 Å². The van der Waals surface area contributed by atoms with E-state index in [1.807, 2.05) is 6.07 Å². The molecule has 4 nitrogen and oxygen atoms in total. The van der Waals surface area contributed by atoms with E-state index >= 15 is 0 Å². The molecule has 62 valence electrons. The Hall–Kier alpha value is -1.19. The molecule has 12 heavy (non-hydrogen) atoms. The first-order chi connectivity index (χ1) is 5.83. The SMILES string of the molecule is [N-]=[N+]=NCC=Cc1ccc(Br)o1. The molecule has 1 aromatic rings. The molecule has 1 aromatic heterocycles. The summed E-state index contributed by atoms with van der Waals surface area (Å²) in [5.74, 6) is 0.731. The molecule has 0 saturated heterocycles. The maximum absolute atomic E-state index is 7.96. The average Bonchev–Trinajstić information content (AvgIpc) is 2.45. The molecule has 0 aromatic carbocycles. The van der Waals surface area contributed by atoms with Gasteiger partial charge in [-0.3, -0.25) is 0 Å². The Balaban J connectivity index is 2.51. The molecule has 5 heteroatoms. The monoisotopic (exact) mass is 227 g/mol. The fraction of sp³-hybridized carbons (Fsp3) is 0.143. The number of nitrogens with zero attached hydrogens (tertiary/aromatic N) is 3. The fourth-order valence-electron chi connectivity index (χ4n) is 0.670. The highest BCUT2D eigenvalue weighted by Crippen LogP contribution is 2.14. The van der Waals surface area contributed by atoms with E-state index in [1.165, 1.54) is 0 Å². The van der Waals surface area contributed by atoms with Crippen LogP contribution in [0.2, 0.25) is 0 Å². The van der Waals surface area contributed by atoms with Crippen molar-refractivity contribution >= 4 is 22.0 Å². The summed E-state index contributed by atoms with van der Waals surface area (Å²) < 4.78 is 5.84. The van der Waals surface area contributed by atoms with Crippen LogP contribution in [0.5, 0.6) is 0 Å². The molecular formula is C7H6BrN3O. The van der Waals surface area contributed by atoms with Gasteiger partial charge in [-0.1, -0.05) is 11.2 Å². The van der Waals surface area contributed by atoms with E-state index in [0.29, 0.717) is 11.2 Å². The predicted octanol–water partition coefficient (Wildman–Crippen LogP) is 3.37. The molecule has 0 fully saturated rings. The van der Waals surface area contributed by atoms with Crippen molar-refractivity contribution in [3.63, 3.8) is 0 Å². The van der Waals surface area contributed by atoms with E-state index in [2.05, 4.69) is 26.0 Å². The summed E-state index contributed by atoms with van der Waals surface area (Å²) in [7, 11) is 0. The molecule has 1 rings (SSSR count). The van der Waals surface area contributed by atoms with Gasteiger partial charge in [-0.2, -0.15) is 0 Å². The number of azide groups is 1. The highest BCUT2D eigenvalue weighted by molar-refractivity contribution is 9.10. The summed E-state index contributed by atoms with van der Waals surface area (Å²) in [4.78, 5) is 2.61. The Bertz CT molecular complexity index is 325. The number of rotatable bonds is 3. The van der Waals surface area contributed by atoms with E-state index in [1.54, 1.807) is 18.2 Å². The third-order valence-corrected chi connectivity index (χ3v) is 1.55. The van der Waals surface area contributed by atoms with Gasteiger partial charge in [0.25, 0.3) is 0 Å². The lowest BCUT2D eigenvalue weighted by Crippen LogP contribution is -1.66. The lowest BCUT2D eigenvalue weighted by atomic mass is 10.4. The van der Waals surface area contributed by atoms with E-state index in [-0.39, 0.29) is 0 Å². The molecule has 0 aliphatic heterocycles. The summed E-state index contributed by atoms with van der Waals surface area (Å²) >= 11 is 3.17. The van der Waals surface area contributed by atoms with Gasteiger partial charge in [0.2, 0.25) is 0 Å². The number of halogens is 1. The van der Waals surface area contributed by atoms with Crippen molar-refractivity contribution in [1.29, 1.82) is 0 Å². The van der Waals surface area contributed by atoms with Crippen molar-refractivity contribution in [2.75, 3.05) is 6.54 Å². The number of hydrogen-bond acceptors (Lipinski definition) is 2. The molecule has 0 spiro atoms. The first-order valence-corrected chi connectivity index (χ1v) is 4.05. The third kappa shape index (κ3) is 2.82. The lowest BCUT2D eigenvalue weighted by Gasteiger charge is -1.81. The molecule has 0 amide bonds. The molecule has 0 aliphatic rings. The molecule has 0 radical (unpaired) electrons. The Labute approximate surface area is 77.6 Å². The van der Waals surface area contributed by atoms with Crippen molar-refractivity contribution in [2.24, 2.45) is 5.11 Å². The fourth-order valence-corrected chi connectivity index (χ4v) is 0.989. The van der Waals surface area contributed by atoms with Gasteiger partial charge in [-0.05, 0) is 39.7 Å². The quantitative estimate of drug-likeness (QED) is 0.444. The van der Waals surface area contributed by atoms with Gasteiger partial charge in [0.05, 0.1) is 0 Å². The van der Waals surface area contributed by atoms with Crippen LogP contribution in [0.3, 0.4) is 0 Å². The van der Waals surface area contributed by atoms with Crippen LogP contribution in [-0.2, 0) is 0 Å². The lowest BCUT2D eigenvalue weighted by molar-refractivity contribution is 0.531. The van der Waals surface area contributed by atoms with E-state index in [4.69, 9.17) is 9.95 Å². The molecule has 0 atom stereocenters. The van der Waals surface area contributed by atoms with Crippen molar-refractivity contribution in [1.82, 2.24) is 0 Å². The van der Waals surface area contributed by atoms with E-state index in [0.717, 1.165) is 5.76 Å². The van der Waals surface area contributed by atoms with Gasteiger partial charge in [-0.15, -0.1) is 0 Å². The zero-order chi connectivity index (χ0) is 8.81. The summed E-state index contributed by atoms with van der Waals surface area (Å²) in [6.07, 6.45) is 3.48. The van der Waals surface area contributed by atoms with Crippen molar-refractivity contribution in [3.8, 4) is 0 Å². The van der Waals surface area contributed by atoms with Crippen LogP contribution in [-0.4, -0.2) is 6.54 Å². The minimum atomic E-state index is 0.342. The molecule has 1 heterocycles. The van der Waals surface area contributed by atoms with Gasteiger partial charge in [0, 0.05) is 11.5 Å². The minimum Gasteiger partial charge on any atom is -0.450 e. The maximum Gasteiger partial charge on any atom is 0.169 e. The van der Waals surface area contributed by atoms with Crippen LogP contribution in [0.15, 0.2) is 32.4 Å². The summed E-state index contributed by atoms with van der Waals surface area (Å²) in [6.45, 7) is 0.342. The van der Waals surface area contributed by atoms with Crippen LogP contribution in [0.25, 0.3) is 16.5 Å². The number of furan rings is 1. The normalized spacial score (nSPS) is 10.1. The smallest absolute Gasteiger partial charge is 0.169 e. The van der Waals surface area contributed by atoms with E-state index in [9.17, 15) is 0 Å². The molecule has 0 unspecified atom stereocenters. The van der Waals surface area contributed by atoms with Crippen molar-refractivity contribution < 1.29 is 4.42 Å². The first kappa shape index (κ1) is 8.90. The highest BCUT2D eigenvalue weighted by atomic mass is 79.9. The van der Waals surface area contributed by atoms with Gasteiger partial charge in [0.15, 0.2) is 4.67 Å². The summed E-state index contributed by atoms with van der Waals surface area (Å²) in [5.41, 5.74) is 7.96. The standard InChI is InChI=1S/C7H6BrN3O/c8-7-4-3-6(12-7)2-1-5-10-11-9/h1-4H,5H2. The zero-order valence-corrected chi connectivity index (χ0v) is 7.73. The molecule has 0 bridgehead atoms. The minimum absolute atomic E-state index is 0.342. The average molecular weight is 228 g/mol. The van der Waals surface area contributed by atoms with Gasteiger partial charge >= 0.3 is 0 Å². The van der Waals surface area contributed by atoms with E-state index < -0.39 is 0 Å². The van der Waals surface area contributed by atoms with Crippen LogP contribution < -0.4 is 0 Å². The third-order valence-electron chi connectivity index (χ3n) is 1.13. The van der Waals surface area contributed by atoms with Gasteiger partial charge in [-0.25, -0.2) is 0 Å². The van der Waals surface area contributed by atoms with Gasteiger partial charge in [0.1, 0.15) is 5.76 Å². The topological polar surface area (TPSA) is 61.9 Å². The Morgan fingerprint density at radius 2 is 2.50 bits per heavy atom. The molecule has 0 aliphatic carbocycles. The summed E-state index contributed by atoms with van der Waals surface area (Å²) in [5, 5.41) is 3.33. The Morgan fingerprint density at radius 1 is 1.67 bits per heavy atom. The molecule has 0 N–H and O–H groups in total. The number of hydrogen-bond donors (Lipinski definition) is 0. The second-order valence-corrected chi connectivity index (χ2v) is 2.74. The zero-order valence-electron chi connectivity index (χ0n) is 6.14. The Kier molecular flexibility index (Phi) is 3.44. The van der Waals surface area contributed by atoms with Crippen LogP contribution in [0, 0.1) is 0 Å². The predicted molar refractivity (Wildman–Crippen MR) is 49.5 cm³/mol. The largest absolute Gasteiger partial charge is 0.450 e. The first-order valence-electron chi connectivity index (χ1n) is 3.25. The summed E-state index contributed by atoms with van der Waals surface area (Å²) in [6, 6.07) is 3.61. The maximum atomic E-state index is 7.96. The van der Waals surface area contributed by atoms with Crippen LogP contribution in [0.4, 0.5) is 0 Å². The van der Waals surface area contributed by atoms with Crippen molar-refractivity contribution in [2.45, 2.75) is 0 Å². The molecule has 0 saturated carbocycles. The second-order valence-electron chi connectivity index (χ2n) is 1.96. The molecular weight excluding hydrogens is 222 g/mol.